The second-order valence-electron chi connectivity index (χ2n) is 4.31. The number of rotatable bonds is 5. The normalized spacial score (nSPS) is 18.1. The van der Waals surface area contributed by atoms with E-state index in [1.807, 2.05) is 0 Å². The van der Waals surface area contributed by atoms with Crippen LogP contribution in [0.25, 0.3) is 0 Å². The van der Waals surface area contributed by atoms with Gasteiger partial charge in [0.05, 0.1) is 4.34 Å². The number of nitrogens with two attached hydrogens (primary N) is 1. The second-order valence-corrected chi connectivity index (χ2v) is 8.14. The van der Waals surface area contributed by atoms with Crippen molar-refractivity contribution in [2.45, 2.75) is 23.1 Å². The van der Waals surface area contributed by atoms with Crippen molar-refractivity contribution >= 4 is 33.0 Å². The second kappa shape index (κ2) is 6.51. The van der Waals surface area contributed by atoms with E-state index in [4.69, 9.17) is 22.1 Å². The van der Waals surface area contributed by atoms with Gasteiger partial charge in [-0.05, 0) is 25.0 Å². The summed E-state index contributed by atoms with van der Waals surface area (Å²) < 4.78 is 32.8. The molecule has 8 heteroatoms. The number of hydrogen-bond donors (Lipinski definition) is 1. The number of nitrogens with zero attached hydrogens (tertiary/aromatic N) is 1. The molecule has 0 bridgehead atoms. The van der Waals surface area contributed by atoms with Crippen molar-refractivity contribution in [2.75, 3.05) is 26.3 Å². The zero-order valence-electron chi connectivity index (χ0n) is 10.4. The zero-order valence-corrected chi connectivity index (χ0v) is 12.8. The Morgan fingerprint density at radius 2 is 2.11 bits per heavy atom. The average molecular weight is 325 g/mol. The molecule has 2 heterocycles. The van der Waals surface area contributed by atoms with E-state index in [1.165, 1.54) is 4.31 Å². The van der Waals surface area contributed by atoms with Crippen LogP contribution >= 0.6 is 22.9 Å². The quantitative estimate of drug-likeness (QED) is 0.891. The van der Waals surface area contributed by atoms with E-state index < -0.39 is 10.0 Å². The van der Waals surface area contributed by atoms with Crippen LogP contribution in [-0.2, 0) is 14.8 Å². The molecule has 1 aliphatic rings. The molecule has 1 aromatic heterocycles. The van der Waals surface area contributed by atoms with Gasteiger partial charge in [-0.1, -0.05) is 11.6 Å². The molecule has 0 saturated carbocycles. The molecule has 1 aliphatic heterocycles. The van der Waals surface area contributed by atoms with Crippen LogP contribution in [0.4, 0.5) is 0 Å². The molecule has 0 unspecified atom stereocenters. The van der Waals surface area contributed by atoms with Crippen LogP contribution in [-0.4, -0.2) is 45.1 Å². The van der Waals surface area contributed by atoms with Crippen molar-refractivity contribution in [1.29, 1.82) is 0 Å². The van der Waals surface area contributed by atoms with E-state index in [-0.39, 0.29) is 10.3 Å². The van der Waals surface area contributed by atoms with Gasteiger partial charge < -0.3 is 10.5 Å². The lowest BCUT2D eigenvalue weighted by Crippen LogP contribution is -2.45. The molecule has 0 atom stereocenters. The summed E-state index contributed by atoms with van der Waals surface area (Å²) in [6.45, 7) is 1.80. The highest BCUT2D eigenvalue weighted by Gasteiger charge is 2.32. The molecule has 2 rings (SSSR count). The fraction of sp³-hybridized carbons (Fsp3) is 0.636. The molecule has 1 fully saturated rings. The Morgan fingerprint density at radius 1 is 1.42 bits per heavy atom. The summed E-state index contributed by atoms with van der Waals surface area (Å²) in [6, 6.07) is 3.11. The van der Waals surface area contributed by atoms with E-state index in [2.05, 4.69) is 0 Å². The van der Waals surface area contributed by atoms with Gasteiger partial charge >= 0.3 is 0 Å². The summed E-state index contributed by atoms with van der Waals surface area (Å²) in [4.78, 5) is 0. The first-order valence-corrected chi connectivity index (χ1v) is 8.74. The molecule has 5 nitrogen and oxygen atoms in total. The van der Waals surface area contributed by atoms with Crippen LogP contribution < -0.4 is 5.73 Å². The largest absolute Gasteiger partial charge is 0.381 e. The lowest BCUT2D eigenvalue weighted by molar-refractivity contribution is 0.0591. The number of halogens is 1. The van der Waals surface area contributed by atoms with Crippen molar-refractivity contribution < 1.29 is 13.2 Å². The molecule has 1 aromatic rings. The Balaban J connectivity index is 2.26. The van der Waals surface area contributed by atoms with Crippen molar-refractivity contribution in [3.8, 4) is 0 Å². The highest BCUT2D eigenvalue weighted by atomic mass is 35.5. The van der Waals surface area contributed by atoms with Gasteiger partial charge in [-0.15, -0.1) is 11.3 Å². The maximum atomic E-state index is 12.6. The average Bonchev–Trinajstić information content (AvgIpc) is 2.84. The third-order valence-corrected chi connectivity index (χ3v) is 6.71. The van der Waals surface area contributed by atoms with Gasteiger partial charge in [-0.2, -0.15) is 4.31 Å². The number of sulfonamides is 1. The first kappa shape index (κ1) is 15.2. The lowest BCUT2D eigenvalue weighted by Gasteiger charge is -2.32. The van der Waals surface area contributed by atoms with Gasteiger partial charge in [0.2, 0.25) is 0 Å². The van der Waals surface area contributed by atoms with Crippen LogP contribution in [0.3, 0.4) is 0 Å². The third kappa shape index (κ3) is 3.48. The summed E-state index contributed by atoms with van der Waals surface area (Å²) in [7, 11) is -3.51. The van der Waals surface area contributed by atoms with E-state index in [9.17, 15) is 8.42 Å². The van der Waals surface area contributed by atoms with E-state index >= 15 is 0 Å². The van der Waals surface area contributed by atoms with Crippen molar-refractivity contribution in [3.63, 3.8) is 0 Å². The van der Waals surface area contributed by atoms with Crippen molar-refractivity contribution in [3.05, 3.63) is 16.5 Å². The third-order valence-electron chi connectivity index (χ3n) is 3.06. The summed E-state index contributed by atoms with van der Waals surface area (Å²) in [5.41, 5.74) is 5.56. The van der Waals surface area contributed by atoms with E-state index in [1.54, 1.807) is 12.1 Å². The predicted molar refractivity (Wildman–Crippen MR) is 76.1 cm³/mol. The summed E-state index contributed by atoms with van der Waals surface area (Å²) in [6.07, 6.45) is 1.41. The molecule has 0 radical (unpaired) electrons. The Kier molecular flexibility index (Phi) is 5.22. The van der Waals surface area contributed by atoms with Gasteiger partial charge in [-0.3, -0.25) is 0 Å². The Labute approximate surface area is 122 Å². The Hall–Kier alpha value is -0.180. The number of hydrogen-bond acceptors (Lipinski definition) is 5. The first-order chi connectivity index (χ1) is 9.05. The van der Waals surface area contributed by atoms with Crippen LogP contribution in [0.5, 0.6) is 0 Å². The Morgan fingerprint density at radius 3 is 2.63 bits per heavy atom. The summed E-state index contributed by atoms with van der Waals surface area (Å²) in [5.74, 6) is 0. The maximum absolute atomic E-state index is 12.6. The highest BCUT2D eigenvalue weighted by Crippen LogP contribution is 2.30. The van der Waals surface area contributed by atoms with Gasteiger partial charge in [0.25, 0.3) is 10.0 Å². The standard InChI is InChI=1S/C11H17ClN2O3S2/c12-10-1-2-11(18-10)19(15,16)14(6-5-13)9-3-7-17-8-4-9/h1-2,9H,3-8,13H2. The van der Waals surface area contributed by atoms with Gasteiger partial charge in [-0.25, -0.2) is 8.42 Å². The van der Waals surface area contributed by atoms with E-state index in [0.717, 1.165) is 11.3 Å². The minimum absolute atomic E-state index is 0.0387. The topological polar surface area (TPSA) is 72.6 Å². The van der Waals surface area contributed by atoms with Crippen molar-refractivity contribution in [2.24, 2.45) is 5.73 Å². The fourth-order valence-electron chi connectivity index (χ4n) is 2.15. The predicted octanol–water partition coefficient (Wildman–Crippen LogP) is 1.53. The monoisotopic (exact) mass is 324 g/mol. The molecular formula is C11H17ClN2O3S2. The molecule has 108 valence electrons. The molecule has 0 aliphatic carbocycles. The van der Waals surface area contributed by atoms with Gasteiger partial charge in [0.15, 0.2) is 0 Å². The molecule has 2 N–H and O–H groups in total. The molecule has 19 heavy (non-hydrogen) atoms. The van der Waals surface area contributed by atoms with Crippen LogP contribution in [0.1, 0.15) is 12.8 Å². The minimum Gasteiger partial charge on any atom is -0.381 e. The Bertz CT molecular complexity index is 512. The maximum Gasteiger partial charge on any atom is 0.252 e. The SMILES string of the molecule is NCCN(C1CCOCC1)S(=O)(=O)c1ccc(Cl)s1. The van der Waals surface area contributed by atoms with Crippen molar-refractivity contribution in [1.82, 2.24) is 4.31 Å². The fourth-order valence-corrected chi connectivity index (χ4v) is 5.46. The lowest BCUT2D eigenvalue weighted by atomic mass is 10.1. The molecule has 1 saturated heterocycles. The molecular weight excluding hydrogens is 308 g/mol. The smallest absolute Gasteiger partial charge is 0.252 e. The molecule has 0 amide bonds. The minimum atomic E-state index is -3.51. The highest BCUT2D eigenvalue weighted by molar-refractivity contribution is 7.91. The summed E-state index contributed by atoms with van der Waals surface area (Å²) in [5, 5.41) is 0. The van der Waals surface area contributed by atoms with Crippen LogP contribution in [0, 0.1) is 0 Å². The molecule has 0 spiro atoms. The van der Waals surface area contributed by atoms with Gasteiger partial charge in [0.1, 0.15) is 4.21 Å². The van der Waals surface area contributed by atoms with E-state index in [0.29, 0.717) is 43.5 Å². The van der Waals surface area contributed by atoms with Crippen LogP contribution in [0.2, 0.25) is 4.34 Å². The molecule has 0 aromatic carbocycles. The van der Waals surface area contributed by atoms with Crippen LogP contribution in [0.15, 0.2) is 16.3 Å². The number of ether oxygens (including phenoxy) is 1. The van der Waals surface area contributed by atoms with Gasteiger partial charge in [0, 0.05) is 32.3 Å². The number of thiophene rings is 1. The first-order valence-electron chi connectivity index (χ1n) is 6.10. The summed E-state index contributed by atoms with van der Waals surface area (Å²) >= 11 is 6.90. The zero-order chi connectivity index (χ0) is 13.9.